The van der Waals surface area contributed by atoms with Gasteiger partial charge in [0, 0.05) is 19.0 Å². The van der Waals surface area contributed by atoms with E-state index in [1.54, 1.807) is 7.11 Å². The second-order valence-electron chi connectivity index (χ2n) is 4.23. The lowest BCUT2D eigenvalue weighted by Crippen LogP contribution is -2.04. The summed E-state index contributed by atoms with van der Waals surface area (Å²) in [6.07, 6.45) is 1.26. The van der Waals surface area contributed by atoms with Gasteiger partial charge in [-0.05, 0) is 23.8 Å². The van der Waals surface area contributed by atoms with Gasteiger partial charge in [0.15, 0.2) is 5.82 Å². The van der Waals surface area contributed by atoms with Gasteiger partial charge in [0.1, 0.15) is 0 Å². The number of carboxylic acids is 1. The van der Waals surface area contributed by atoms with Crippen molar-refractivity contribution in [3.05, 3.63) is 47.7 Å². The summed E-state index contributed by atoms with van der Waals surface area (Å²) in [5.41, 5.74) is 7.95. The highest BCUT2D eigenvalue weighted by molar-refractivity contribution is 5.89. The number of hydrogen-bond acceptors (Lipinski definition) is 5. The van der Waals surface area contributed by atoms with Crippen LogP contribution in [0.4, 0.5) is 17.2 Å². The van der Waals surface area contributed by atoms with Gasteiger partial charge in [-0.1, -0.05) is 12.1 Å². The number of pyridine rings is 1. The molecule has 0 bridgehead atoms. The van der Waals surface area contributed by atoms with Crippen LogP contribution >= 0.6 is 0 Å². The van der Waals surface area contributed by atoms with Crippen molar-refractivity contribution in [1.82, 2.24) is 4.98 Å². The molecule has 0 unspecified atom stereocenters. The Morgan fingerprint density at radius 3 is 2.90 bits per heavy atom. The molecule has 0 fully saturated rings. The summed E-state index contributed by atoms with van der Waals surface area (Å²) in [6.45, 7) is 0.510. The molecule has 6 nitrogen and oxygen atoms in total. The SMILES string of the molecule is COCc1cccc(Nc2ncc(C(=O)O)cc2N)c1. The van der Waals surface area contributed by atoms with E-state index in [1.165, 1.54) is 12.3 Å². The molecule has 0 amide bonds. The average Bonchev–Trinajstić information content (AvgIpc) is 2.42. The predicted molar refractivity (Wildman–Crippen MR) is 76.0 cm³/mol. The molecular weight excluding hydrogens is 258 g/mol. The van der Waals surface area contributed by atoms with Crippen LogP contribution in [-0.2, 0) is 11.3 Å². The number of aromatic nitrogens is 1. The lowest BCUT2D eigenvalue weighted by Gasteiger charge is -2.10. The van der Waals surface area contributed by atoms with Gasteiger partial charge in [0.05, 0.1) is 17.9 Å². The number of nitrogens with zero attached hydrogens (tertiary/aromatic N) is 1. The van der Waals surface area contributed by atoms with Crippen molar-refractivity contribution in [1.29, 1.82) is 0 Å². The molecule has 1 aromatic heterocycles. The van der Waals surface area contributed by atoms with Crippen molar-refractivity contribution in [2.45, 2.75) is 6.61 Å². The van der Waals surface area contributed by atoms with Crippen molar-refractivity contribution in [3.63, 3.8) is 0 Å². The molecule has 20 heavy (non-hydrogen) atoms. The highest BCUT2D eigenvalue weighted by atomic mass is 16.5. The van der Waals surface area contributed by atoms with Crippen LogP contribution in [0.15, 0.2) is 36.5 Å². The maximum Gasteiger partial charge on any atom is 0.337 e. The number of nitrogens with one attached hydrogen (secondary N) is 1. The Kier molecular flexibility index (Phi) is 4.17. The third kappa shape index (κ3) is 3.24. The second-order valence-corrected chi connectivity index (χ2v) is 4.23. The Balaban J connectivity index is 2.21. The second kappa shape index (κ2) is 6.03. The van der Waals surface area contributed by atoms with E-state index in [-0.39, 0.29) is 11.3 Å². The molecule has 0 saturated carbocycles. The fourth-order valence-electron chi connectivity index (χ4n) is 1.75. The van der Waals surface area contributed by atoms with Crippen LogP contribution in [0.5, 0.6) is 0 Å². The van der Waals surface area contributed by atoms with Crippen molar-refractivity contribution < 1.29 is 14.6 Å². The molecule has 2 aromatic rings. The predicted octanol–water partition coefficient (Wildman–Crippen LogP) is 2.25. The van der Waals surface area contributed by atoms with E-state index in [0.29, 0.717) is 12.4 Å². The molecule has 104 valence electrons. The van der Waals surface area contributed by atoms with Crippen LogP contribution in [0.25, 0.3) is 0 Å². The Labute approximate surface area is 116 Å². The minimum Gasteiger partial charge on any atom is -0.478 e. The first-order valence-corrected chi connectivity index (χ1v) is 5.94. The Bertz CT molecular complexity index is 629. The third-order valence-corrected chi connectivity index (χ3v) is 2.66. The molecule has 0 spiro atoms. The number of aromatic carboxylic acids is 1. The number of nitrogens with two attached hydrogens (primary N) is 1. The first-order valence-electron chi connectivity index (χ1n) is 5.94. The summed E-state index contributed by atoms with van der Waals surface area (Å²) in [6, 6.07) is 8.98. The van der Waals surface area contributed by atoms with Gasteiger partial charge in [-0.3, -0.25) is 0 Å². The van der Waals surface area contributed by atoms with Crippen LogP contribution in [-0.4, -0.2) is 23.2 Å². The molecule has 6 heteroatoms. The number of anilines is 3. The molecule has 0 aliphatic heterocycles. The lowest BCUT2D eigenvalue weighted by atomic mass is 10.2. The molecule has 0 atom stereocenters. The molecule has 1 aromatic carbocycles. The maximum atomic E-state index is 10.8. The van der Waals surface area contributed by atoms with Gasteiger partial charge in [-0.2, -0.15) is 0 Å². The minimum atomic E-state index is -1.06. The monoisotopic (exact) mass is 273 g/mol. The topological polar surface area (TPSA) is 97.5 Å². The van der Waals surface area contributed by atoms with Gasteiger partial charge in [0.2, 0.25) is 0 Å². The van der Waals surface area contributed by atoms with Gasteiger partial charge in [-0.15, -0.1) is 0 Å². The molecule has 0 saturated heterocycles. The fourth-order valence-corrected chi connectivity index (χ4v) is 1.75. The van der Waals surface area contributed by atoms with Crippen molar-refractivity contribution in [2.24, 2.45) is 0 Å². The molecule has 0 aliphatic rings. The lowest BCUT2D eigenvalue weighted by molar-refractivity contribution is 0.0696. The number of ether oxygens (including phenoxy) is 1. The molecule has 4 N–H and O–H groups in total. The zero-order chi connectivity index (χ0) is 14.5. The van der Waals surface area contributed by atoms with E-state index in [9.17, 15) is 4.79 Å². The highest BCUT2D eigenvalue weighted by Gasteiger charge is 2.08. The van der Waals surface area contributed by atoms with E-state index in [4.69, 9.17) is 15.6 Å². The number of carbonyl (C=O) groups is 1. The fraction of sp³-hybridized carbons (Fsp3) is 0.143. The number of nitrogen functional groups attached to an aromatic ring is 1. The summed E-state index contributed by atoms with van der Waals surface area (Å²) in [5.74, 6) is -0.637. The van der Waals surface area contributed by atoms with Gasteiger partial charge >= 0.3 is 5.97 Å². The van der Waals surface area contributed by atoms with Crippen molar-refractivity contribution in [2.75, 3.05) is 18.2 Å². The van der Waals surface area contributed by atoms with Crippen LogP contribution < -0.4 is 11.1 Å². The molecular formula is C14H15N3O3. The first-order chi connectivity index (χ1) is 9.60. The Hall–Kier alpha value is -2.60. The summed E-state index contributed by atoms with van der Waals surface area (Å²) in [4.78, 5) is 14.8. The number of benzene rings is 1. The van der Waals surface area contributed by atoms with Crippen LogP contribution in [0.2, 0.25) is 0 Å². The van der Waals surface area contributed by atoms with E-state index < -0.39 is 5.97 Å². The largest absolute Gasteiger partial charge is 0.478 e. The molecule has 0 radical (unpaired) electrons. The van der Waals surface area contributed by atoms with E-state index in [1.807, 2.05) is 24.3 Å². The summed E-state index contributed by atoms with van der Waals surface area (Å²) < 4.78 is 5.07. The average molecular weight is 273 g/mol. The first kappa shape index (κ1) is 13.8. The van der Waals surface area contributed by atoms with Crippen LogP contribution in [0, 0.1) is 0 Å². The molecule has 1 heterocycles. The summed E-state index contributed by atoms with van der Waals surface area (Å²) in [7, 11) is 1.63. The Morgan fingerprint density at radius 1 is 1.45 bits per heavy atom. The smallest absolute Gasteiger partial charge is 0.337 e. The summed E-state index contributed by atoms with van der Waals surface area (Å²) >= 11 is 0. The highest BCUT2D eigenvalue weighted by Crippen LogP contribution is 2.22. The number of carboxylic acid groups (broad SMARTS) is 1. The van der Waals surface area contributed by atoms with Gasteiger partial charge < -0.3 is 20.9 Å². The van der Waals surface area contributed by atoms with Gasteiger partial charge in [0.25, 0.3) is 0 Å². The third-order valence-electron chi connectivity index (χ3n) is 2.66. The van der Waals surface area contributed by atoms with Crippen LogP contribution in [0.3, 0.4) is 0 Å². The molecule has 0 aliphatic carbocycles. The number of hydrogen-bond donors (Lipinski definition) is 3. The van der Waals surface area contributed by atoms with Crippen molar-refractivity contribution in [3.8, 4) is 0 Å². The zero-order valence-corrected chi connectivity index (χ0v) is 11.0. The minimum absolute atomic E-state index is 0.0567. The maximum absolute atomic E-state index is 10.8. The van der Waals surface area contributed by atoms with Crippen molar-refractivity contribution >= 4 is 23.2 Å². The quantitative estimate of drug-likeness (QED) is 0.773. The normalized spacial score (nSPS) is 10.2. The standard InChI is InChI=1S/C14H15N3O3/c1-20-8-9-3-2-4-11(5-9)17-13-12(15)6-10(7-16-13)14(18)19/h2-7H,8,15H2,1H3,(H,16,17)(H,18,19). The summed E-state index contributed by atoms with van der Waals surface area (Å²) in [5, 5.41) is 11.9. The van der Waals surface area contributed by atoms with E-state index in [2.05, 4.69) is 10.3 Å². The molecule has 2 rings (SSSR count). The van der Waals surface area contributed by atoms with E-state index in [0.717, 1.165) is 11.3 Å². The number of methoxy groups -OCH3 is 1. The Morgan fingerprint density at radius 2 is 2.25 bits per heavy atom. The van der Waals surface area contributed by atoms with Crippen LogP contribution in [0.1, 0.15) is 15.9 Å². The van der Waals surface area contributed by atoms with Gasteiger partial charge in [-0.25, -0.2) is 9.78 Å². The van der Waals surface area contributed by atoms with E-state index >= 15 is 0 Å². The number of rotatable bonds is 5. The zero-order valence-electron chi connectivity index (χ0n) is 11.0.